The highest BCUT2D eigenvalue weighted by Crippen LogP contribution is 2.27. The van der Waals surface area contributed by atoms with Gasteiger partial charge in [0.1, 0.15) is 17.3 Å². The van der Waals surface area contributed by atoms with E-state index in [0.29, 0.717) is 29.4 Å². The van der Waals surface area contributed by atoms with E-state index in [9.17, 15) is 4.79 Å². The number of hydrogen-bond acceptors (Lipinski definition) is 5. The zero-order valence-electron chi connectivity index (χ0n) is 10.8. The quantitative estimate of drug-likeness (QED) is 0.667. The van der Waals surface area contributed by atoms with E-state index < -0.39 is 0 Å². The zero-order chi connectivity index (χ0) is 14.5. The third-order valence-electron chi connectivity index (χ3n) is 2.45. The fraction of sp³-hybridized carbons (Fsp3) is 0.154. The fourth-order valence-corrected chi connectivity index (χ4v) is 1.77. The van der Waals surface area contributed by atoms with Gasteiger partial charge < -0.3 is 15.8 Å². The number of ether oxygens (including phenoxy) is 1. The van der Waals surface area contributed by atoms with E-state index in [-0.39, 0.29) is 11.1 Å². The van der Waals surface area contributed by atoms with Gasteiger partial charge in [-0.15, -0.1) is 0 Å². The maximum absolute atomic E-state index is 12.2. The van der Waals surface area contributed by atoms with E-state index >= 15 is 0 Å². The van der Waals surface area contributed by atoms with Gasteiger partial charge in [-0.2, -0.15) is 0 Å². The van der Waals surface area contributed by atoms with E-state index in [1.54, 1.807) is 18.2 Å². The van der Waals surface area contributed by atoms with E-state index in [1.807, 2.05) is 6.92 Å². The second kappa shape index (κ2) is 6.21. The van der Waals surface area contributed by atoms with Crippen molar-refractivity contribution in [2.75, 3.05) is 17.7 Å². The first-order valence-electron chi connectivity index (χ1n) is 5.92. The first-order chi connectivity index (χ1) is 9.61. The average molecular weight is 293 g/mol. The third kappa shape index (κ3) is 3.16. The van der Waals surface area contributed by atoms with Crippen LogP contribution in [0.1, 0.15) is 17.3 Å². The van der Waals surface area contributed by atoms with E-state index in [2.05, 4.69) is 15.3 Å². The van der Waals surface area contributed by atoms with Crippen LogP contribution >= 0.6 is 11.6 Å². The minimum absolute atomic E-state index is 0.243. The monoisotopic (exact) mass is 292 g/mol. The predicted octanol–water partition coefficient (Wildman–Crippen LogP) is 2.36. The minimum Gasteiger partial charge on any atom is -0.491 e. The van der Waals surface area contributed by atoms with Crippen LogP contribution in [0.5, 0.6) is 5.75 Å². The molecule has 3 N–H and O–H groups in total. The molecule has 6 nitrogen and oxygen atoms in total. The molecule has 1 aromatic heterocycles. The molecule has 0 bridgehead atoms. The molecule has 7 heteroatoms. The molecule has 104 valence electrons. The number of halogens is 1. The lowest BCUT2D eigenvalue weighted by Crippen LogP contribution is -2.15. The van der Waals surface area contributed by atoms with Crippen molar-refractivity contribution >= 4 is 29.0 Å². The molecule has 0 radical (unpaired) electrons. The van der Waals surface area contributed by atoms with Gasteiger partial charge in [-0.1, -0.05) is 17.7 Å². The molecule has 0 spiro atoms. The number of anilines is 2. The highest BCUT2D eigenvalue weighted by atomic mass is 35.5. The van der Waals surface area contributed by atoms with Crippen molar-refractivity contribution in [1.29, 1.82) is 0 Å². The summed E-state index contributed by atoms with van der Waals surface area (Å²) in [7, 11) is 0. The zero-order valence-corrected chi connectivity index (χ0v) is 11.5. The lowest BCUT2D eigenvalue weighted by Gasteiger charge is -2.12. The molecule has 0 unspecified atom stereocenters. The molecule has 0 saturated heterocycles. The molecule has 1 heterocycles. The van der Waals surface area contributed by atoms with Crippen LogP contribution in [-0.4, -0.2) is 22.5 Å². The Morgan fingerprint density at radius 1 is 1.45 bits per heavy atom. The summed E-state index contributed by atoms with van der Waals surface area (Å²) >= 11 is 5.73. The van der Waals surface area contributed by atoms with Gasteiger partial charge in [-0.3, -0.25) is 4.79 Å². The van der Waals surface area contributed by atoms with Crippen LogP contribution in [0.4, 0.5) is 11.5 Å². The number of rotatable bonds is 4. The molecule has 2 aromatic rings. The number of nitrogen functional groups attached to an aromatic ring is 1. The number of aromatic nitrogens is 2. The van der Waals surface area contributed by atoms with Crippen LogP contribution in [0.15, 0.2) is 30.6 Å². The molecular weight excluding hydrogens is 280 g/mol. The van der Waals surface area contributed by atoms with E-state index in [1.165, 1.54) is 12.4 Å². The Kier molecular flexibility index (Phi) is 4.37. The molecule has 0 aliphatic heterocycles. The Bertz CT molecular complexity index is 634. The van der Waals surface area contributed by atoms with Gasteiger partial charge in [0.05, 0.1) is 17.9 Å². The maximum atomic E-state index is 12.2. The summed E-state index contributed by atoms with van der Waals surface area (Å²) in [5.74, 6) is 0.281. The summed E-state index contributed by atoms with van der Waals surface area (Å²) in [6.07, 6.45) is 1.26. The van der Waals surface area contributed by atoms with Crippen molar-refractivity contribution in [2.45, 2.75) is 6.92 Å². The Labute approximate surface area is 120 Å². The molecular formula is C13H13ClN4O2. The number of amides is 1. The fourth-order valence-electron chi connectivity index (χ4n) is 1.62. The van der Waals surface area contributed by atoms with Crippen LogP contribution in [0.25, 0.3) is 0 Å². The molecule has 0 aliphatic carbocycles. The van der Waals surface area contributed by atoms with Gasteiger partial charge in [0.25, 0.3) is 5.91 Å². The van der Waals surface area contributed by atoms with Crippen molar-refractivity contribution in [3.8, 4) is 5.75 Å². The number of carbonyl (C=O) groups is 1. The summed E-state index contributed by atoms with van der Waals surface area (Å²) in [4.78, 5) is 19.9. The van der Waals surface area contributed by atoms with Gasteiger partial charge in [0.15, 0.2) is 5.75 Å². The maximum Gasteiger partial charge on any atom is 0.260 e. The molecule has 0 aliphatic rings. The third-order valence-corrected chi connectivity index (χ3v) is 2.66. The molecule has 2 rings (SSSR count). The first kappa shape index (κ1) is 14.1. The number of nitrogens with two attached hydrogens (primary N) is 1. The van der Waals surface area contributed by atoms with Crippen LogP contribution in [0, 0.1) is 0 Å². The van der Waals surface area contributed by atoms with Gasteiger partial charge in [-0.25, -0.2) is 9.97 Å². The van der Waals surface area contributed by atoms with Crippen LogP contribution in [-0.2, 0) is 0 Å². The summed E-state index contributed by atoms with van der Waals surface area (Å²) in [5, 5.41) is 2.86. The van der Waals surface area contributed by atoms with Crippen molar-refractivity contribution in [3.05, 3.63) is 41.3 Å². The Balaban J connectivity index is 2.27. The minimum atomic E-state index is -0.379. The Hall–Kier alpha value is -2.34. The van der Waals surface area contributed by atoms with Crippen LogP contribution in [0.3, 0.4) is 0 Å². The number of nitrogens with zero attached hydrogens (tertiary/aromatic N) is 2. The summed E-state index contributed by atoms with van der Waals surface area (Å²) in [5.41, 5.74) is 6.55. The second-order valence-electron chi connectivity index (χ2n) is 3.84. The number of carbonyl (C=O) groups excluding carboxylic acids is 1. The van der Waals surface area contributed by atoms with E-state index in [4.69, 9.17) is 22.1 Å². The molecule has 0 saturated carbocycles. The summed E-state index contributed by atoms with van der Waals surface area (Å²) < 4.78 is 5.41. The molecule has 20 heavy (non-hydrogen) atoms. The second-order valence-corrected chi connectivity index (χ2v) is 4.22. The largest absolute Gasteiger partial charge is 0.491 e. The Morgan fingerprint density at radius 2 is 2.25 bits per heavy atom. The smallest absolute Gasteiger partial charge is 0.260 e. The first-order valence-corrected chi connectivity index (χ1v) is 6.29. The lowest BCUT2D eigenvalue weighted by molar-refractivity contribution is 0.102. The highest BCUT2D eigenvalue weighted by Gasteiger charge is 2.15. The van der Waals surface area contributed by atoms with Gasteiger partial charge in [0, 0.05) is 6.07 Å². The summed E-state index contributed by atoms with van der Waals surface area (Å²) in [6.45, 7) is 2.23. The highest BCUT2D eigenvalue weighted by molar-refractivity contribution is 6.29. The van der Waals surface area contributed by atoms with Crippen LogP contribution < -0.4 is 15.8 Å². The van der Waals surface area contributed by atoms with Gasteiger partial charge in [0.2, 0.25) is 0 Å². The molecule has 0 fully saturated rings. The van der Waals surface area contributed by atoms with Crippen molar-refractivity contribution in [1.82, 2.24) is 9.97 Å². The topological polar surface area (TPSA) is 90.1 Å². The molecule has 0 atom stereocenters. The van der Waals surface area contributed by atoms with E-state index in [0.717, 1.165) is 0 Å². The number of para-hydroxylation sites is 1. The van der Waals surface area contributed by atoms with Crippen molar-refractivity contribution in [3.63, 3.8) is 0 Å². The average Bonchev–Trinajstić information content (AvgIpc) is 2.41. The predicted molar refractivity (Wildman–Crippen MR) is 77.0 cm³/mol. The molecule has 1 aromatic carbocycles. The normalized spacial score (nSPS) is 10.1. The lowest BCUT2D eigenvalue weighted by atomic mass is 10.1. The summed E-state index contributed by atoms with van der Waals surface area (Å²) in [6, 6.07) is 6.43. The molecule has 1 amide bonds. The number of benzene rings is 1. The van der Waals surface area contributed by atoms with Gasteiger partial charge in [-0.05, 0) is 19.1 Å². The van der Waals surface area contributed by atoms with Gasteiger partial charge >= 0.3 is 0 Å². The standard InChI is InChI=1S/C13H13ClN4O2/c1-2-20-12-8(4-3-5-9(12)15)13(19)18-11-6-10(14)16-7-17-11/h3-7H,2,15H2,1H3,(H,16,17,18,19). The van der Waals surface area contributed by atoms with Crippen molar-refractivity contribution in [2.24, 2.45) is 0 Å². The number of nitrogens with one attached hydrogen (secondary N) is 1. The SMILES string of the molecule is CCOc1c(N)cccc1C(=O)Nc1cc(Cl)ncn1. The Morgan fingerprint density at radius 3 is 2.95 bits per heavy atom. The van der Waals surface area contributed by atoms with Crippen molar-refractivity contribution < 1.29 is 9.53 Å². The number of hydrogen-bond donors (Lipinski definition) is 2. The van der Waals surface area contributed by atoms with Crippen LogP contribution in [0.2, 0.25) is 5.15 Å².